The van der Waals surface area contributed by atoms with Gasteiger partial charge in [0.05, 0.1) is 0 Å². The molecule has 2 heteroatoms. The van der Waals surface area contributed by atoms with Crippen molar-refractivity contribution >= 4 is 19.2 Å². The van der Waals surface area contributed by atoms with Gasteiger partial charge in [-0.1, -0.05) is 44.1 Å². The Morgan fingerprint density at radius 1 is 1.08 bits per heavy atom. The highest BCUT2D eigenvalue weighted by Gasteiger charge is 2.05. The molecule has 0 unspecified atom stereocenters. The van der Waals surface area contributed by atoms with E-state index in [2.05, 4.69) is 55.4 Å². The van der Waals surface area contributed by atoms with E-state index in [4.69, 9.17) is 0 Å². The van der Waals surface area contributed by atoms with E-state index in [-0.39, 0.29) is 0 Å². The standard InChI is InChI=1S/C10H16SSi/c1-3-12(4-2)11-10-8-6-5-7-9-10/h5-9,12H,3-4H2,1-2H3. The Morgan fingerprint density at radius 3 is 2.17 bits per heavy atom. The molecule has 0 heterocycles. The summed E-state index contributed by atoms with van der Waals surface area (Å²) >= 11 is 2.13. The zero-order chi connectivity index (χ0) is 8.81. The molecular weight excluding hydrogens is 180 g/mol. The lowest BCUT2D eigenvalue weighted by Crippen LogP contribution is -2.02. The third kappa shape index (κ3) is 3.03. The Labute approximate surface area is 80.6 Å². The maximum Gasteiger partial charge on any atom is 0.107 e. The van der Waals surface area contributed by atoms with E-state index < -0.39 is 7.95 Å². The second kappa shape index (κ2) is 5.44. The van der Waals surface area contributed by atoms with Crippen LogP contribution < -0.4 is 0 Å². The second-order valence-corrected chi connectivity index (χ2v) is 9.16. The van der Waals surface area contributed by atoms with Crippen molar-refractivity contribution in [2.75, 3.05) is 0 Å². The monoisotopic (exact) mass is 196 g/mol. The molecule has 0 spiro atoms. The van der Waals surface area contributed by atoms with Gasteiger partial charge in [0.2, 0.25) is 0 Å². The summed E-state index contributed by atoms with van der Waals surface area (Å²) < 4.78 is 0. The van der Waals surface area contributed by atoms with Crippen LogP contribution in [0.2, 0.25) is 12.1 Å². The highest BCUT2D eigenvalue weighted by atomic mass is 32.4. The SMILES string of the molecule is CC[SiH](CC)Sc1ccccc1. The van der Waals surface area contributed by atoms with Gasteiger partial charge in [0.25, 0.3) is 0 Å². The molecule has 0 aliphatic carbocycles. The highest BCUT2D eigenvalue weighted by molar-refractivity contribution is 8.25. The molecule has 0 saturated carbocycles. The summed E-state index contributed by atoms with van der Waals surface area (Å²) in [6.07, 6.45) is 0. The van der Waals surface area contributed by atoms with E-state index >= 15 is 0 Å². The molecule has 1 aromatic rings. The largest absolute Gasteiger partial charge is 0.155 e. The molecule has 0 saturated heterocycles. The van der Waals surface area contributed by atoms with Crippen LogP contribution in [0.5, 0.6) is 0 Å². The minimum Gasteiger partial charge on any atom is -0.155 e. The van der Waals surface area contributed by atoms with Gasteiger partial charge in [-0.05, 0) is 12.1 Å². The number of hydrogen-bond acceptors (Lipinski definition) is 1. The summed E-state index contributed by atoms with van der Waals surface area (Å²) in [7, 11) is -0.502. The molecule has 0 nitrogen and oxygen atoms in total. The summed E-state index contributed by atoms with van der Waals surface area (Å²) in [5.41, 5.74) is 0. The van der Waals surface area contributed by atoms with Crippen LogP contribution in [0.3, 0.4) is 0 Å². The zero-order valence-corrected chi connectivity index (χ0v) is 9.76. The van der Waals surface area contributed by atoms with Crippen molar-refractivity contribution in [3.05, 3.63) is 30.3 Å². The first kappa shape index (κ1) is 9.87. The van der Waals surface area contributed by atoms with E-state index in [9.17, 15) is 0 Å². The van der Waals surface area contributed by atoms with Gasteiger partial charge in [0.1, 0.15) is 7.95 Å². The van der Waals surface area contributed by atoms with Gasteiger partial charge in [-0.2, -0.15) is 11.2 Å². The summed E-state index contributed by atoms with van der Waals surface area (Å²) in [5, 5.41) is 0. The van der Waals surface area contributed by atoms with Crippen LogP contribution >= 0.6 is 11.2 Å². The van der Waals surface area contributed by atoms with Crippen LogP contribution in [0, 0.1) is 0 Å². The number of rotatable bonds is 4. The average molecular weight is 196 g/mol. The van der Waals surface area contributed by atoms with E-state index in [0.717, 1.165) is 0 Å². The predicted octanol–water partition coefficient (Wildman–Crippen LogP) is 3.54. The number of hydrogen-bond donors (Lipinski definition) is 0. The molecule has 0 atom stereocenters. The van der Waals surface area contributed by atoms with E-state index in [1.165, 1.54) is 17.0 Å². The van der Waals surface area contributed by atoms with E-state index in [1.54, 1.807) is 0 Å². The van der Waals surface area contributed by atoms with Crippen molar-refractivity contribution in [3.63, 3.8) is 0 Å². The van der Waals surface area contributed by atoms with Gasteiger partial charge in [0.15, 0.2) is 0 Å². The third-order valence-electron chi connectivity index (χ3n) is 1.96. The van der Waals surface area contributed by atoms with Crippen LogP contribution in [0.1, 0.15) is 13.8 Å². The van der Waals surface area contributed by atoms with Gasteiger partial charge in [-0.25, -0.2) is 0 Å². The fourth-order valence-electron chi connectivity index (χ4n) is 1.15. The fraction of sp³-hybridized carbons (Fsp3) is 0.400. The van der Waals surface area contributed by atoms with Crippen LogP contribution in [-0.2, 0) is 0 Å². The smallest absolute Gasteiger partial charge is 0.107 e. The van der Waals surface area contributed by atoms with Crippen molar-refractivity contribution < 1.29 is 0 Å². The normalized spacial score (nSPS) is 10.6. The lowest BCUT2D eigenvalue weighted by molar-refractivity contribution is 1.35. The molecule has 0 N–H and O–H groups in total. The summed E-state index contributed by atoms with van der Waals surface area (Å²) in [6, 6.07) is 13.6. The van der Waals surface area contributed by atoms with Gasteiger partial charge >= 0.3 is 0 Å². The molecule has 1 rings (SSSR count). The molecular formula is C10H16SSi. The Kier molecular flexibility index (Phi) is 4.47. The predicted molar refractivity (Wildman–Crippen MR) is 60.4 cm³/mol. The van der Waals surface area contributed by atoms with Crippen molar-refractivity contribution in [1.82, 2.24) is 0 Å². The summed E-state index contributed by atoms with van der Waals surface area (Å²) in [6.45, 7) is 4.63. The lowest BCUT2D eigenvalue weighted by atomic mass is 10.4. The summed E-state index contributed by atoms with van der Waals surface area (Å²) in [5.74, 6) is 0. The van der Waals surface area contributed by atoms with Gasteiger partial charge < -0.3 is 0 Å². The fourth-order valence-corrected chi connectivity index (χ4v) is 5.38. The molecule has 0 radical (unpaired) electrons. The molecule has 0 fully saturated rings. The minimum atomic E-state index is -0.502. The van der Waals surface area contributed by atoms with Crippen molar-refractivity contribution in [1.29, 1.82) is 0 Å². The van der Waals surface area contributed by atoms with Crippen LogP contribution in [0.25, 0.3) is 0 Å². The van der Waals surface area contributed by atoms with Gasteiger partial charge in [-0.15, -0.1) is 0 Å². The van der Waals surface area contributed by atoms with Crippen LogP contribution in [0.15, 0.2) is 35.2 Å². The molecule has 0 aliphatic heterocycles. The van der Waals surface area contributed by atoms with Crippen molar-refractivity contribution in [2.24, 2.45) is 0 Å². The Bertz CT molecular complexity index is 206. The summed E-state index contributed by atoms with van der Waals surface area (Å²) in [4.78, 5) is 1.46. The molecule has 0 aliphatic rings. The first-order valence-electron chi connectivity index (χ1n) is 4.58. The molecule has 1 aromatic carbocycles. The molecule has 66 valence electrons. The molecule has 0 amide bonds. The Balaban J connectivity index is 2.51. The average Bonchev–Trinajstić information content (AvgIpc) is 2.16. The first-order chi connectivity index (χ1) is 5.86. The maximum atomic E-state index is 2.32. The van der Waals surface area contributed by atoms with Gasteiger partial charge in [-0.3, -0.25) is 0 Å². The van der Waals surface area contributed by atoms with Gasteiger partial charge in [0, 0.05) is 4.90 Å². The molecule has 0 bridgehead atoms. The van der Waals surface area contributed by atoms with Crippen molar-refractivity contribution in [3.8, 4) is 0 Å². The minimum absolute atomic E-state index is 0.502. The molecule has 12 heavy (non-hydrogen) atoms. The topological polar surface area (TPSA) is 0 Å². The second-order valence-electron chi connectivity index (χ2n) is 2.87. The quantitative estimate of drug-likeness (QED) is 0.664. The zero-order valence-electron chi connectivity index (χ0n) is 7.79. The number of benzene rings is 1. The van der Waals surface area contributed by atoms with Crippen LogP contribution in [0.4, 0.5) is 0 Å². The van der Waals surface area contributed by atoms with Crippen molar-refractivity contribution in [2.45, 2.75) is 30.8 Å². The van der Waals surface area contributed by atoms with E-state index in [1.807, 2.05) is 0 Å². The Hall–Kier alpha value is -0.213. The lowest BCUT2D eigenvalue weighted by Gasteiger charge is -2.09. The molecule has 0 aromatic heterocycles. The Morgan fingerprint density at radius 2 is 1.67 bits per heavy atom. The van der Waals surface area contributed by atoms with Crippen LogP contribution in [-0.4, -0.2) is 7.95 Å². The third-order valence-corrected chi connectivity index (χ3v) is 8.47. The highest BCUT2D eigenvalue weighted by Crippen LogP contribution is 2.24. The van der Waals surface area contributed by atoms with E-state index in [0.29, 0.717) is 0 Å². The maximum absolute atomic E-state index is 2.32. The first-order valence-corrected chi connectivity index (χ1v) is 8.51.